The molecule has 1 saturated carbocycles. The third-order valence-electron chi connectivity index (χ3n) is 3.53. The second-order valence-electron chi connectivity index (χ2n) is 4.89. The van der Waals surface area contributed by atoms with E-state index in [9.17, 15) is 4.79 Å². The quantitative estimate of drug-likeness (QED) is 0.854. The first kappa shape index (κ1) is 13.8. The first-order valence-corrected chi connectivity index (χ1v) is 7.49. The van der Waals surface area contributed by atoms with Crippen LogP contribution in [0.15, 0.2) is 36.5 Å². The van der Waals surface area contributed by atoms with Gasteiger partial charge in [-0.3, -0.25) is 4.79 Å². The molecule has 0 bridgehead atoms. The molecule has 0 aliphatic heterocycles. The molecule has 0 atom stereocenters. The summed E-state index contributed by atoms with van der Waals surface area (Å²) in [5, 5.41) is 12.1. The van der Waals surface area contributed by atoms with Crippen LogP contribution >= 0.6 is 11.3 Å². The van der Waals surface area contributed by atoms with E-state index in [1.54, 1.807) is 6.20 Å². The molecule has 0 spiro atoms. The van der Waals surface area contributed by atoms with Gasteiger partial charge in [0, 0.05) is 0 Å². The molecule has 1 amide bonds. The predicted octanol–water partition coefficient (Wildman–Crippen LogP) is 2.16. The number of amides is 1. The van der Waals surface area contributed by atoms with Crippen LogP contribution in [-0.4, -0.2) is 22.6 Å². The fourth-order valence-electron chi connectivity index (χ4n) is 2.26. The second kappa shape index (κ2) is 5.68. The molecule has 1 aromatic heterocycles. The van der Waals surface area contributed by atoms with E-state index >= 15 is 0 Å². The summed E-state index contributed by atoms with van der Waals surface area (Å²) in [6, 6.07) is 9.84. The number of carbonyl (C=O) groups excluding carboxylic acids is 1. The zero-order valence-corrected chi connectivity index (χ0v) is 12.1. The zero-order chi connectivity index (χ0) is 14.7. The molecular weight excluding hydrogens is 284 g/mol. The molecule has 106 valence electrons. The van der Waals surface area contributed by atoms with Crippen LogP contribution in [0.1, 0.15) is 23.3 Å². The Morgan fingerprint density at radius 1 is 1.38 bits per heavy atom. The van der Waals surface area contributed by atoms with Gasteiger partial charge in [0.15, 0.2) is 5.13 Å². The molecule has 1 aliphatic carbocycles. The number of thiazole rings is 1. The lowest BCUT2D eigenvalue weighted by atomic mass is 9.95. The van der Waals surface area contributed by atoms with Gasteiger partial charge < -0.3 is 10.4 Å². The standard InChI is InChI=1S/C16H14N2O2S/c19-10-4-7-13-11-17-15(21-13)18-14(20)16(8-9-16)12-5-2-1-3-6-12/h1-3,5-6,11,19H,8-10H2,(H,17,18,20). The van der Waals surface area contributed by atoms with E-state index in [2.05, 4.69) is 22.1 Å². The number of nitrogens with one attached hydrogen (secondary N) is 1. The lowest BCUT2D eigenvalue weighted by Crippen LogP contribution is -2.27. The summed E-state index contributed by atoms with van der Waals surface area (Å²) in [5.74, 6) is 5.33. The second-order valence-corrected chi connectivity index (χ2v) is 5.92. The summed E-state index contributed by atoms with van der Waals surface area (Å²) in [6.07, 6.45) is 3.34. The number of aliphatic hydroxyl groups is 1. The van der Waals surface area contributed by atoms with Crippen molar-refractivity contribution in [2.75, 3.05) is 11.9 Å². The van der Waals surface area contributed by atoms with E-state index in [-0.39, 0.29) is 12.5 Å². The van der Waals surface area contributed by atoms with Gasteiger partial charge in [-0.1, -0.05) is 53.5 Å². The maximum absolute atomic E-state index is 12.5. The van der Waals surface area contributed by atoms with Crippen molar-refractivity contribution in [1.82, 2.24) is 4.98 Å². The Bertz CT molecular complexity index is 709. The Hall–Kier alpha value is -2.16. The van der Waals surface area contributed by atoms with Crippen molar-refractivity contribution in [3.63, 3.8) is 0 Å². The molecule has 0 saturated heterocycles. The number of hydrogen-bond donors (Lipinski definition) is 2. The number of rotatable bonds is 3. The molecule has 0 unspecified atom stereocenters. The van der Waals surface area contributed by atoms with E-state index in [0.29, 0.717) is 5.13 Å². The first-order chi connectivity index (χ1) is 10.2. The molecule has 1 fully saturated rings. The smallest absolute Gasteiger partial charge is 0.236 e. The number of hydrogen-bond acceptors (Lipinski definition) is 4. The monoisotopic (exact) mass is 298 g/mol. The average molecular weight is 298 g/mol. The van der Waals surface area contributed by atoms with Crippen LogP contribution < -0.4 is 5.32 Å². The van der Waals surface area contributed by atoms with Gasteiger partial charge in [-0.15, -0.1) is 0 Å². The maximum atomic E-state index is 12.5. The molecular formula is C16H14N2O2S. The van der Waals surface area contributed by atoms with Crippen molar-refractivity contribution >= 4 is 22.4 Å². The predicted molar refractivity (Wildman–Crippen MR) is 82.1 cm³/mol. The molecule has 4 nitrogen and oxygen atoms in total. The summed E-state index contributed by atoms with van der Waals surface area (Å²) in [7, 11) is 0. The molecule has 1 aliphatic rings. The topological polar surface area (TPSA) is 62.2 Å². The van der Waals surface area contributed by atoms with Crippen molar-refractivity contribution < 1.29 is 9.90 Å². The van der Waals surface area contributed by atoms with Crippen LogP contribution in [0.4, 0.5) is 5.13 Å². The van der Waals surface area contributed by atoms with E-state index in [1.807, 2.05) is 30.3 Å². The Labute approximate surface area is 126 Å². The molecule has 1 heterocycles. The molecule has 21 heavy (non-hydrogen) atoms. The number of aromatic nitrogens is 1. The third kappa shape index (κ3) is 2.82. The molecule has 2 N–H and O–H groups in total. The SMILES string of the molecule is O=C(Nc1ncc(C#CCO)s1)C1(c2ccccc2)CC1. The van der Waals surface area contributed by atoms with Gasteiger partial charge in [-0.25, -0.2) is 4.98 Å². The highest BCUT2D eigenvalue weighted by molar-refractivity contribution is 7.16. The minimum atomic E-state index is -0.399. The largest absolute Gasteiger partial charge is 0.384 e. The van der Waals surface area contributed by atoms with Crippen LogP contribution in [0.3, 0.4) is 0 Å². The van der Waals surface area contributed by atoms with Crippen LogP contribution in [0, 0.1) is 11.8 Å². The number of nitrogens with zero attached hydrogens (tertiary/aromatic N) is 1. The Morgan fingerprint density at radius 3 is 2.81 bits per heavy atom. The van der Waals surface area contributed by atoms with E-state index < -0.39 is 5.41 Å². The summed E-state index contributed by atoms with van der Waals surface area (Å²) in [5.41, 5.74) is 0.656. The minimum absolute atomic E-state index is 0.00952. The van der Waals surface area contributed by atoms with Crippen LogP contribution in [0.2, 0.25) is 0 Å². The van der Waals surface area contributed by atoms with Gasteiger partial charge in [0.2, 0.25) is 5.91 Å². The summed E-state index contributed by atoms with van der Waals surface area (Å²) in [4.78, 5) is 17.4. The highest BCUT2D eigenvalue weighted by atomic mass is 32.1. The number of benzene rings is 1. The lowest BCUT2D eigenvalue weighted by molar-refractivity contribution is -0.118. The van der Waals surface area contributed by atoms with Gasteiger partial charge in [-0.2, -0.15) is 0 Å². The Balaban J connectivity index is 1.74. The number of anilines is 1. The molecule has 5 heteroatoms. The fraction of sp³-hybridized carbons (Fsp3) is 0.250. The summed E-state index contributed by atoms with van der Waals surface area (Å²) >= 11 is 1.31. The van der Waals surface area contributed by atoms with Gasteiger partial charge in [-0.05, 0) is 18.4 Å². The van der Waals surface area contributed by atoms with Gasteiger partial charge >= 0.3 is 0 Å². The van der Waals surface area contributed by atoms with Crippen molar-refractivity contribution in [1.29, 1.82) is 0 Å². The third-order valence-corrected chi connectivity index (χ3v) is 4.36. The van der Waals surface area contributed by atoms with Gasteiger partial charge in [0.05, 0.1) is 16.5 Å². The van der Waals surface area contributed by atoms with Crippen molar-refractivity contribution in [3.05, 3.63) is 47.0 Å². The Kier molecular flexibility index (Phi) is 3.74. The average Bonchev–Trinajstić information content (AvgIpc) is 3.22. The van der Waals surface area contributed by atoms with Crippen molar-refractivity contribution in [2.24, 2.45) is 0 Å². The first-order valence-electron chi connectivity index (χ1n) is 6.67. The maximum Gasteiger partial charge on any atom is 0.236 e. The van der Waals surface area contributed by atoms with Gasteiger partial charge in [0.1, 0.15) is 6.61 Å². The van der Waals surface area contributed by atoms with Crippen LogP contribution in [0.5, 0.6) is 0 Å². The molecule has 0 radical (unpaired) electrons. The molecule has 3 rings (SSSR count). The minimum Gasteiger partial charge on any atom is -0.384 e. The summed E-state index contributed by atoms with van der Waals surface area (Å²) < 4.78 is 0. The lowest BCUT2D eigenvalue weighted by Gasteiger charge is -2.14. The number of aliphatic hydroxyl groups excluding tert-OH is 1. The highest BCUT2D eigenvalue weighted by Crippen LogP contribution is 2.49. The normalized spacial score (nSPS) is 14.9. The van der Waals surface area contributed by atoms with Crippen molar-refractivity contribution in [2.45, 2.75) is 18.3 Å². The fourth-order valence-corrected chi connectivity index (χ4v) is 2.95. The zero-order valence-electron chi connectivity index (χ0n) is 11.3. The molecule has 1 aromatic carbocycles. The van der Waals surface area contributed by atoms with Crippen LogP contribution in [-0.2, 0) is 10.2 Å². The van der Waals surface area contributed by atoms with Crippen LogP contribution in [0.25, 0.3) is 0 Å². The van der Waals surface area contributed by atoms with Crippen molar-refractivity contribution in [3.8, 4) is 11.8 Å². The highest BCUT2D eigenvalue weighted by Gasteiger charge is 2.51. The van der Waals surface area contributed by atoms with E-state index in [4.69, 9.17) is 5.11 Å². The van der Waals surface area contributed by atoms with Gasteiger partial charge in [0.25, 0.3) is 0 Å². The van der Waals surface area contributed by atoms with E-state index in [1.165, 1.54) is 11.3 Å². The number of carbonyl (C=O) groups is 1. The van der Waals surface area contributed by atoms with E-state index in [0.717, 1.165) is 23.3 Å². The molecule has 2 aromatic rings. The summed E-state index contributed by atoms with van der Waals surface area (Å²) in [6.45, 7) is -0.184. The Morgan fingerprint density at radius 2 is 2.14 bits per heavy atom.